The predicted molar refractivity (Wildman–Crippen MR) is 63.7 cm³/mol. The zero-order valence-corrected chi connectivity index (χ0v) is 10.2. The third-order valence-corrected chi connectivity index (χ3v) is 3.19. The summed E-state index contributed by atoms with van der Waals surface area (Å²) in [5.74, 6) is -0.358. The van der Waals surface area contributed by atoms with Gasteiger partial charge in [0, 0.05) is 7.05 Å². The number of hydrogen-bond donors (Lipinski definition) is 0. The van der Waals surface area contributed by atoms with E-state index in [0.717, 1.165) is 11.1 Å². The molecule has 0 saturated carbocycles. The zero-order valence-electron chi connectivity index (χ0n) is 9.40. The first-order valence-electron chi connectivity index (χ1n) is 4.90. The van der Waals surface area contributed by atoms with Crippen LogP contribution >= 0.6 is 11.6 Å². The van der Waals surface area contributed by atoms with Crippen molar-refractivity contribution in [3.63, 3.8) is 0 Å². The Kier molecular flexibility index (Phi) is 2.78. The van der Waals surface area contributed by atoms with Gasteiger partial charge in [-0.2, -0.15) is 0 Å². The zero-order chi connectivity index (χ0) is 11.9. The lowest BCUT2D eigenvalue weighted by atomic mass is 10.2. The molecule has 0 N–H and O–H groups in total. The van der Waals surface area contributed by atoms with Gasteiger partial charge in [0.1, 0.15) is 5.50 Å². The fraction of sp³-hybridized carbons (Fsp3) is 0.364. The SMILES string of the molecule is CN(C)C(Cl)c1ccc2oc(=O)n(C)c2c1. The number of fused-ring (bicyclic) bond motifs is 1. The molecule has 0 bridgehead atoms. The standard InChI is InChI=1S/C11H13ClN2O2/c1-13(2)10(12)7-4-5-9-8(6-7)14(3)11(15)16-9/h4-6,10H,1-3H3. The summed E-state index contributed by atoms with van der Waals surface area (Å²) >= 11 is 6.21. The summed E-state index contributed by atoms with van der Waals surface area (Å²) in [6.07, 6.45) is 0. The fourth-order valence-corrected chi connectivity index (χ4v) is 1.73. The maximum Gasteiger partial charge on any atom is 0.419 e. The van der Waals surface area contributed by atoms with Crippen molar-refractivity contribution in [2.75, 3.05) is 14.1 Å². The van der Waals surface area contributed by atoms with Crippen LogP contribution in [0.2, 0.25) is 0 Å². The van der Waals surface area contributed by atoms with Gasteiger partial charge in [-0.3, -0.25) is 9.47 Å². The highest BCUT2D eigenvalue weighted by Gasteiger charge is 2.13. The van der Waals surface area contributed by atoms with Gasteiger partial charge in [-0.05, 0) is 31.8 Å². The van der Waals surface area contributed by atoms with E-state index in [-0.39, 0.29) is 11.3 Å². The van der Waals surface area contributed by atoms with Gasteiger partial charge in [-0.15, -0.1) is 11.6 Å². The molecule has 2 rings (SSSR count). The van der Waals surface area contributed by atoms with Crippen molar-refractivity contribution in [1.82, 2.24) is 9.47 Å². The average Bonchev–Trinajstić information content (AvgIpc) is 2.53. The summed E-state index contributed by atoms with van der Waals surface area (Å²) in [5, 5.41) is 0. The molecule has 0 aliphatic rings. The highest BCUT2D eigenvalue weighted by Crippen LogP contribution is 2.25. The average molecular weight is 241 g/mol. The molecule has 1 atom stereocenters. The second-order valence-corrected chi connectivity index (χ2v) is 4.37. The largest absolute Gasteiger partial charge is 0.419 e. The summed E-state index contributed by atoms with van der Waals surface area (Å²) in [6, 6.07) is 5.51. The fourth-order valence-electron chi connectivity index (χ4n) is 1.59. The minimum absolute atomic E-state index is 0.214. The molecule has 1 unspecified atom stereocenters. The molecule has 0 saturated heterocycles. The Hall–Kier alpha value is -1.26. The van der Waals surface area contributed by atoms with Crippen LogP contribution in [-0.2, 0) is 7.05 Å². The number of alkyl halides is 1. The number of aromatic nitrogens is 1. The van der Waals surface area contributed by atoms with E-state index in [1.54, 1.807) is 13.1 Å². The van der Waals surface area contributed by atoms with E-state index in [1.165, 1.54) is 4.57 Å². The highest BCUT2D eigenvalue weighted by atomic mass is 35.5. The number of rotatable bonds is 2. The number of aryl methyl sites for hydroxylation is 1. The summed E-state index contributed by atoms with van der Waals surface area (Å²) in [5.41, 5.74) is 2.07. The van der Waals surface area contributed by atoms with Crippen molar-refractivity contribution in [3.05, 3.63) is 34.3 Å². The number of benzene rings is 1. The molecule has 0 aliphatic heterocycles. The predicted octanol–water partition coefficient (Wildman–Crippen LogP) is 1.93. The van der Waals surface area contributed by atoms with Gasteiger partial charge in [0.25, 0.3) is 0 Å². The molecule has 86 valence electrons. The van der Waals surface area contributed by atoms with Crippen molar-refractivity contribution in [1.29, 1.82) is 0 Å². The van der Waals surface area contributed by atoms with Crippen LogP contribution in [0.1, 0.15) is 11.1 Å². The van der Waals surface area contributed by atoms with E-state index in [9.17, 15) is 4.79 Å². The second-order valence-electron chi connectivity index (χ2n) is 3.95. The van der Waals surface area contributed by atoms with Crippen LogP contribution in [0, 0.1) is 0 Å². The Morgan fingerprint density at radius 1 is 1.44 bits per heavy atom. The van der Waals surface area contributed by atoms with Gasteiger partial charge in [0.05, 0.1) is 5.52 Å². The lowest BCUT2D eigenvalue weighted by Crippen LogP contribution is -2.14. The lowest BCUT2D eigenvalue weighted by molar-refractivity contribution is 0.385. The van der Waals surface area contributed by atoms with Gasteiger partial charge in [0.15, 0.2) is 5.58 Å². The molecule has 16 heavy (non-hydrogen) atoms. The first-order valence-corrected chi connectivity index (χ1v) is 5.34. The van der Waals surface area contributed by atoms with Crippen molar-refractivity contribution >= 4 is 22.7 Å². The highest BCUT2D eigenvalue weighted by molar-refractivity contribution is 6.20. The monoisotopic (exact) mass is 240 g/mol. The van der Waals surface area contributed by atoms with Crippen molar-refractivity contribution in [2.24, 2.45) is 7.05 Å². The molecule has 4 nitrogen and oxygen atoms in total. The van der Waals surface area contributed by atoms with Crippen LogP contribution in [-0.4, -0.2) is 23.6 Å². The molecule has 0 spiro atoms. The van der Waals surface area contributed by atoms with Gasteiger partial charge >= 0.3 is 5.76 Å². The van der Waals surface area contributed by atoms with Crippen molar-refractivity contribution < 1.29 is 4.42 Å². The summed E-state index contributed by atoms with van der Waals surface area (Å²) < 4.78 is 6.51. The van der Waals surface area contributed by atoms with E-state index >= 15 is 0 Å². The quantitative estimate of drug-likeness (QED) is 0.595. The van der Waals surface area contributed by atoms with E-state index in [1.807, 2.05) is 31.1 Å². The molecule has 1 heterocycles. The number of oxazole rings is 1. The van der Waals surface area contributed by atoms with E-state index in [4.69, 9.17) is 16.0 Å². The molecule has 2 aromatic rings. The molecule has 0 fully saturated rings. The van der Waals surface area contributed by atoms with Crippen LogP contribution < -0.4 is 5.76 Å². The summed E-state index contributed by atoms with van der Waals surface area (Å²) in [4.78, 5) is 13.2. The normalized spacial score (nSPS) is 13.6. The molecule has 1 aromatic carbocycles. The number of hydrogen-bond acceptors (Lipinski definition) is 3. The Morgan fingerprint density at radius 3 is 2.75 bits per heavy atom. The molecule has 1 aromatic heterocycles. The van der Waals surface area contributed by atoms with Crippen LogP contribution in [0.15, 0.2) is 27.4 Å². The molecular weight excluding hydrogens is 228 g/mol. The first-order chi connectivity index (χ1) is 7.50. The lowest BCUT2D eigenvalue weighted by Gasteiger charge is -2.17. The van der Waals surface area contributed by atoms with E-state index < -0.39 is 0 Å². The van der Waals surface area contributed by atoms with Crippen LogP contribution in [0.5, 0.6) is 0 Å². The number of halogens is 1. The Bertz CT molecular complexity index is 571. The minimum atomic E-state index is -0.358. The van der Waals surface area contributed by atoms with Gasteiger partial charge in [-0.1, -0.05) is 6.07 Å². The smallest absolute Gasteiger partial charge is 0.408 e. The maximum absolute atomic E-state index is 11.3. The van der Waals surface area contributed by atoms with Crippen LogP contribution in [0.3, 0.4) is 0 Å². The number of nitrogens with zero attached hydrogens (tertiary/aromatic N) is 2. The van der Waals surface area contributed by atoms with Gasteiger partial charge in [-0.25, -0.2) is 4.79 Å². The van der Waals surface area contributed by atoms with Gasteiger partial charge < -0.3 is 4.42 Å². The Balaban J connectivity index is 2.59. The third-order valence-electron chi connectivity index (χ3n) is 2.54. The third kappa shape index (κ3) is 1.74. The molecule has 0 amide bonds. The Morgan fingerprint density at radius 2 is 2.12 bits per heavy atom. The van der Waals surface area contributed by atoms with Crippen LogP contribution in [0.4, 0.5) is 0 Å². The molecule has 5 heteroatoms. The first kappa shape index (κ1) is 11.2. The van der Waals surface area contributed by atoms with Crippen molar-refractivity contribution in [3.8, 4) is 0 Å². The van der Waals surface area contributed by atoms with E-state index in [2.05, 4.69) is 0 Å². The van der Waals surface area contributed by atoms with E-state index in [0.29, 0.717) is 5.58 Å². The minimum Gasteiger partial charge on any atom is -0.408 e. The second kappa shape index (κ2) is 3.96. The molecule has 0 aliphatic carbocycles. The van der Waals surface area contributed by atoms with Crippen LogP contribution in [0.25, 0.3) is 11.1 Å². The summed E-state index contributed by atoms with van der Waals surface area (Å²) in [6.45, 7) is 0. The maximum atomic E-state index is 11.3. The summed E-state index contributed by atoms with van der Waals surface area (Å²) in [7, 11) is 5.48. The molecule has 0 radical (unpaired) electrons. The van der Waals surface area contributed by atoms with Crippen molar-refractivity contribution in [2.45, 2.75) is 5.50 Å². The Labute approximate surface area is 98.0 Å². The van der Waals surface area contributed by atoms with Gasteiger partial charge in [0.2, 0.25) is 0 Å². The topological polar surface area (TPSA) is 38.4 Å². The molecular formula is C11H13ClN2O2.